The summed E-state index contributed by atoms with van der Waals surface area (Å²) in [6.45, 7) is 14.1. The quantitative estimate of drug-likeness (QED) is 0.0353. The summed E-state index contributed by atoms with van der Waals surface area (Å²) in [6.07, 6.45) is 0.769. The summed E-state index contributed by atoms with van der Waals surface area (Å²) < 4.78 is 0. The molecule has 0 unspecified atom stereocenters. The average molecular weight is 1040 g/mol. The molecular formula is C45H75N11O15S. The summed E-state index contributed by atoms with van der Waals surface area (Å²) in [5.41, 5.74) is 6.33. The van der Waals surface area contributed by atoms with Crippen LogP contribution in [0.4, 0.5) is 0 Å². The van der Waals surface area contributed by atoms with Crippen LogP contribution >= 0.6 is 11.8 Å². The van der Waals surface area contributed by atoms with Gasteiger partial charge in [-0.15, -0.1) is 0 Å². The van der Waals surface area contributed by atoms with Gasteiger partial charge in [-0.3, -0.25) is 47.9 Å². The van der Waals surface area contributed by atoms with E-state index in [0.29, 0.717) is 12.2 Å². The first-order chi connectivity index (χ1) is 33.5. The van der Waals surface area contributed by atoms with Crippen LogP contribution in [0.5, 0.6) is 0 Å². The van der Waals surface area contributed by atoms with Crippen LogP contribution in [0.15, 0.2) is 12.5 Å². The lowest BCUT2D eigenvalue weighted by Gasteiger charge is -2.30. The second-order valence-corrected chi connectivity index (χ2v) is 19.8. The molecule has 1 aromatic heterocycles. The minimum absolute atomic E-state index is 0.0858. The molecule has 15 N–H and O–H groups in total. The number of carbonyl (C=O) groups is 11. The number of aliphatic hydroxyl groups excluding tert-OH is 1. The monoisotopic (exact) mass is 1040 g/mol. The number of aliphatic carboxylic acids is 3. The van der Waals surface area contributed by atoms with E-state index in [2.05, 4.69) is 52.5 Å². The van der Waals surface area contributed by atoms with E-state index in [-0.39, 0.29) is 24.5 Å². The van der Waals surface area contributed by atoms with Crippen LogP contribution in [0.1, 0.15) is 100 Å². The van der Waals surface area contributed by atoms with Crippen LogP contribution in [-0.2, 0) is 59.2 Å². The summed E-state index contributed by atoms with van der Waals surface area (Å²) in [7, 11) is 0. The van der Waals surface area contributed by atoms with E-state index in [1.54, 1.807) is 20.1 Å². The summed E-state index contributed by atoms with van der Waals surface area (Å²) in [4.78, 5) is 151. The molecule has 10 atom stereocenters. The molecule has 26 nitrogen and oxygen atoms in total. The fourth-order valence-corrected chi connectivity index (χ4v) is 7.40. The number of imidazole rings is 1. The number of thioether (sulfide) groups is 1. The van der Waals surface area contributed by atoms with Gasteiger partial charge in [0.1, 0.15) is 48.3 Å². The normalized spacial score (nSPS) is 15.6. The number of carboxylic acids is 3. The number of hydrogen-bond acceptors (Lipinski definition) is 15. The SMILES string of the molecule is CSCC[C@H](NC(=O)[C@@H](N)CC(C)C)C(=O)N[C@H](C(=O)N[C@@H](CC(=O)O)C(=O)N[C@@H](Cc1cnc[nH]1)C(=O)N[C@H](C(=O)N[C@H](C(=O)N[C@@H](CCC(=O)O)C(=O)N[C@H](C(=O)O)C(C)C)[C@@H](C)O)C(C)C)C(C)C. The van der Waals surface area contributed by atoms with Gasteiger partial charge in [-0.1, -0.05) is 55.4 Å². The average Bonchev–Trinajstić information content (AvgIpc) is 3.79. The summed E-state index contributed by atoms with van der Waals surface area (Å²) >= 11 is 1.41. The van der Waals surface area contributed by atoms with Gasteiger partial charge in [0.05, 0.1) is 24.9 Å². The number of hydrogen-bond donors (Lipinski definition) is 14. The number of carboxylic acid groups (broad SMARTS) is 3. The number of H-pyrrole nitrogens is 1. The van der Waals surface area contributed by atoms with Crippen LogP contribution in [0, 0.1) is 23.7 Å². The number of aromatic nitrogens is 2. The highest BCUT2D eigenvalue weighted by Gasteiger charge is 2.38. The van der Waals surface area contributed by atoms with Crippen molar-refractivity contribution >= 4 is 76.9 Å². The highest BCUT2D eigenvalue weighted by atomic mass is 32.2. The summed E-state index contributed by atoms with van der Waals surface area (Å²) in [6, 6.07) is -13.2. The Morgan fingerprint density at radius 3 is 1.44 bits per heavy atom. The molecule has 0 aliphatic carbocycles. The molecule has 0 radical (unpaired) electrons. The van der Waals surface area contributed by atoms with Crippen molar-refractivity contribution in [2.75, 3.05) is 12.0 Å². The van der Waals surface area contributed by atoms with Gasteiger partial charge in [-0.05, 0) is 61.9 Å². The van der Waals surface area contributed by atoms with Crippen molar-refractivity contribution in [3.05, 3.63) is 18.2 Å². The van der Waals surface area contributed by atoms with E-state index in [1.807, 2.05) is 13.8 Å². The maximum atomic E-state index is 14.1. The van der Waals surface area contributed by atoms with E-state index >= 15 is 0 Å². The third-order valence-electron chi connectivity index (χ3n) is 11.0. The minimum atomic E-state index is -1.84. The minimum Gasteiger partial charge on any atom is -0.481 e. The van der Waals surface area contributed by atoms with Gasteiger partial charge in [0.15, 0.2) is 0 Å². The zero-order chi connectivity index (χ0) is 55.2. The van der Waals surface area contributed by atoms with Gasteiger partial charge in [0, 0.05) is 24.7 Å². The molecule has 0 aliphatic heterocycles. The number of amides is 8. The van der Waals surface area contributed by atoms with Crippen molar-refractivity contribution < 1.29 is 73.2 Å². The second kappa shape index (κ2) is 31.2. The van der Waals surface area contributed by atoms with Crippen LogP contribution < -0.4 is 48.3 Å². The van der Waals surface area contributed by atoms with Crippen LogP contribution in [0.3, 0.4) is 0 Å². The number of nitrogens with one attached hydrogen (secondary N) is 9. The lowest BCUT2D eigenvalue weighted by Crippen LogP contribution is -2.63. The van der Waals surface area contributed by atoms with Crippen LogP contribution in [-0.4, -0.2) is 168 Å². The van der Waals surface area contributed by atoms with Crippen molar-refractivity contribution in [1.29, 1.82) is 0 Å². The first-order valence-corrected chi connectivity index (χ1v) is 24.9. The smallest absolute Gasteiger partial charge is 0.326 e. The Kier molecular flexibility index (Phi) is 27.6. The zero-order valence-electron chi connectivity index (χ0n) is 42.4. The van der Waals surface area contributed by atoms with Crippen LogP contribution in [0.2, 0.25) is 0 Å². The Morgan fingerprint density at radius 2 is 1.00 bits per heavy atom. The van der Waals surface area contributed by atoms with Gasteiger partial charge in [0.2, 0.25) is 47.3 Å². The molecule has 1 rings (SSSR count). The lowest BCUT2D eigenvalue weighted by atomic mass is 10.00. The van der Waals surface area contributed by atoms with Crippen molar-refractivity contribution in [3.8, 4) is 0 Å². The number of nitrogens with zero attached hydrogens (tertiary/aromatic N) is 1. The van der Waals surface area contributed by atoms with Gasteiger partial charge in [-0.2, -0.15) is 11.8 Å². The van der Waals surface area contributed by atoms with Gasteiger partial charge in [0.25, 0.3) is 0 Å². The largest absolute Gasteiger partial charge is 0.481 e. The molecule has 1 heterocycles. The molecule has 27 heteroatoms. The Hall–Kier alpha value is -6.35. The van der Waals surface area contributed by atoms with Crippen molar-refractivity contribution in [1.82, 2.24) is 52.5 Å². The summed E-state index contributed by atoms with van der Waals surface area (Å²) in [5, 5.41) is 58.6. The van der Waals surface area contributed by atoms with E-state index in [1.165, 1.54) is 52.0 Å². The third-order valence-corrected chi connectivity index (χ3v) is 11.6. The molecule has 0 fully saturated rings. The van der Waals surface area contributed by atoms with Crippen LogP contribution in [0.25, 0.3) is 0 Å². The number of rotatable bonds is 33. The van der Waals surface area contributed by atoms with E-state index in [9.17, 15) is 73.2 Å². The topological polar surface area (TPSA) is 420 Å². The Bertz CT molecular complexity index is 2020. The van der Waals surface area contributed by atoms with Gasteiger partial charge in [-0.25, -0.2) is 9.78 Å². The predicted molar refractivity (Wildman–Crippen MR) is 261 cm³/mol. The number of nitrogens with two attached hydrogens (primary N) is 1. The Labute approximate surface area is 422 Å². The number of aromatic amines is 1. The first-order valence-electron chi connectivity index (χ1n) is 23.5. The molecule has 0 bridgehead atoms. The number of carbonyl (C=O) groups excluding carboxylic acids is 8. The fraction of sp³-hybridized carbons (Fsp3) is 0.689. The fourth-order valence-electron chi connectivity index (χ4n) is 6.93. The molecule has 8 amide bonds. The molecule has 406 valence electrons. The highest BCUT2D eigenvalue weighted by Crippen LogP contribution is 2.12. The highest BCUT2D eigenvalue weighted by molar-refractivity contribution is 7.98. The van der Waals surface area contributed by atoms with Crippen molar-refractivity contribution in [2.45, 2.75) is 161 Å². The Morgan fingerprint density at radius 1 is 0.569 bits per heavy atom. The molecule has 0 aromatic carbocycles. The van der Waals surface area contributed by atoms with E-state index in [4.69, 9.17) is 5.73 Å². The van der Waals surface area contributed by atoms with E-state index < -0.39 is 163 Å². The Balaban J connectivity index is 3.45. The molecule has 1 aromatic rings. The molecule has 0 spiro atoms. The molecule has 0 saturated heterocycles. The van der Waals surface area contributed by atoms with Crippen molar-refractivity contribution in [3.63, 3.8) is 0 Å². The predicted octanol–water partition coefficient (Wildman–Crippen LogP) is -2.27. The lowest BCUT2D eigenvalue weighted by molar-refractivity contribution is -0.144. The van der Waals surface area contributed by atoms with Gasteiger partial charge >= 0.3 is 17.9 Å². The first kappa shape index (κ1) is 63.7. The molecule has 0 aliphatic rings. The molecule has 0 saturated carbocycles. The van der Waals surface area contributed by atoms with E-state index in [0.717, 1.165) is 6.92 Å². The van der Waals surface area contributed by atoms with Gasteiger partial charge < -0.3 is 73.7 Å². The zero-order valence-corrected chi connectivity index (χ0v) is 43.2. The maximum absolute atomic E-state index is 14.1. The maximum Gasteiger partial charge on any atom is 0.326 e. The second-order valence-electron chi connectivity index (χ2n) is 18.8. The van der Waals surface area contributed by atoms with Crippen molar-refractivity contribution in [2.24, 2.45) is 29.4 Å². The molecule has 72 heavy (non-hydrogen) atoms. The third kappa shape index (κ3) is 22.4. The number of aliphatic hydroxyl groups is 1. The molecular weight excluding hydrogens is 967 g/mol. The standard InChI is InChI=1S/C45H75N11O15S/c1-20(2)15-26(46)37(62)49-28(13-14-72-10)39(64)53-33(21(3)4)42(67)52-30(17-32(60)61)40(65)51-29(16-25-18-47-19-48-25)41(66)54-34(22(5)6)43(68)56-36(24(9)57)44(69)50-27(11-12-31(58)59)38(63)55-35(23(7)8)45(70)71/h18-24,26-30,33-36,57H,11-17,46H2,1-10H3,(H,47,48)(H,49,62)(H,50,69)(H,51,65)(H,52,67)(H,53,64)(H,54,66)(H,55,63)(H,56,68)(H,58,59)(H,60,61)(H,70,71)/t24-,26+,27+,28+,29+,30+,33+,34+,35+,36+/m1/s1. The summed E-state index contributed by atoms with van der Waals surface area (Å²) in [5.74, 6) is -13.5.